The largest absolute Gasteiger partial charge is 4.00 e. The first-order chi connectivity index (χ1) is 6.93. The van der Waals surface area contributed by atoms with E-state index >= 15 is 0 Å². The van der Waals surface area contributed by atoms with Gasteiger partial charge in [0.25, 0.3) is 0 Å². The minimum absolute atomic E-state index is 0. The van der Waals surface area contributed by atoms with Gasteiger partial charge in [-0.15, -0.1) is 0 Å². The summed E-state index contributed by atoms with van der Waals surface area (Å²) in [5, 5.41) is 32.9. The van der Waals surface area contributed by atoms with Crippen LogP contribution in [-0.4, -0.2) is 24.9 Å². The van der Waals surface area contributed by atoms with E-state index in [1.807, 2.05) is 0 Å². The molecule has 8 nitrogen and oxygen atoms in total. The third kappa shape index (κ3) is 2160. The Morgan fingerprint density at radius 3 is 0.529 bits per heavy atom. The molecule has 0 radical (unpaired) electrons. The van der Waals surface area contributed by atoms with Crippen molar-refractivity contribution in [3.63, 3.8) is 0 Å². The smallest absolute Gasteiger partial charge is 0.520 e. The molecule has 0 aromatic carbocycles. The minimum Gasteiger partial charge on any atom is -0.520 e. The fraction of sp³-hybridized carbons (Fsp3) is 0. The van der Waals surface area contributed by atoms with Gasteiger partial charge in [0, 0.05) is 0 Å². The first-order valence-electron chi connectivity index (χ1n) is 2.39. The van der Waals surface area contributed by atoms with Crippen LogP contribution in [0.4, 0.5) is 36.7 Å². The van der Waals surface area contributed by atoms with Crippen molar-refractivity contribution >= 4 is 24.9 Å². The molecular weight excluding hydrogens is 484 g/mol. The van der Waals surface area contributed by atoms with Gasteiger partial charge in [0.15, 0.2) is 0 Å². The zero-order valence-electron chi connectivity index (χ0n) is 7.28. The first kappa shape index (κ1) is 29.7. The molecule has 0 heterocycles. The van der Waals surface area contributed by atoms with Crippen LogP contribution in [0.3, 0.4) is 0 Å². The zero-order chi connectivity index (χ0) is 14.3. The molecule has 0 spiro atoms. The van der Waals surface area contributed by atoms with Crippen molar-refractivity contribution in [3.05, 3.63) is 0 Å². The summed E-state index contributed by atoms with van der Waals surface area (Å²) in [4.78, 5) is 32.9. The second-order valence-electron chi connectivity index (χ2n) is 0.951. The van der Waals surface area contributed by atoms with E-state index in [9.17, 15) is 17.6 Å². The molecule has 96 valence electrons. The Balaban J connectivity index is -0.0000000369. The molecule has 0 N–H and O–H groups in total. The predicted octanol–water partition coefficient (Wildman–Crippen LogP) is -2.80. The van der Waals surface area contributed by atoms with Gasteiger partial charge in [-0.1, -0.05) is 0 Å². The van der Waals surface area contributed by atoms with Crippen molar-refractivity contribution in [1.82, 2.24) is 0 Å². The molecule has 0 aliphatic carbocycles. The minimum atomic E-state index is -2.58. The van der Waals surface area contributed by atoms with Gasteiger partial charge in [-0.05, 0) is 0 Å². The topological polar surface area (TPSA) is 161 Å². The quantitative estimate of drug-likeness (QED) is 0.263. The van der Waals surface area contributed by atoms with Crippen molar-refractivity contribution in [2.24, 2.45) is 0 Å². The first-order valence-corrected chi connectivity index (χ1v) is 2.39. The second-order valence-corrected chi connectivity index (χ2v) is 0.951. The van der Waals surface area contributed by atoms with E-state index < -0.39 is 24.9 Å². The average molecular weight is 484 g/mol. The Bertz CT molecular complexity index is 170. The summed E-state index contributed by atoms with van der Waals surface area (Å²) in [6.07, 6.45) is -10.3. The van der Waals surface area contributed by atoms with Gasteiger partial charge < -0.3 is 39.6 Å². The van der Waals surface area contributed by atoms with Gasteiger partial charge in [-0.25, -0.2) is 0 Å². The predicted molar refractivity (Wildman–Crippen MR) is 26.0 cm³/mol. The van der Waals surface area contributed by atoms with Crippen LogP contribution < -0.4 is 20.4 Å². The number of carbonyl (C=O) groups is 4. The van der Waals surface area contributed by atoms with Crippen LogP contribution in [0.5, 0.6) is 0 Å². The summed E-state index contributed by atoms with van der Waals surface area (Å²) in [7, 11) is 0. The van der Waals surface area contributed by atoms with Crippen LogP contribution >= 0.6 is 0 Å². The third-order valence-electron chi connectivity index (χ3n) is 0. The van der Waals surface area contributed by atoms with E-state index in [1.54, 1.807) is 0 Å². The number of hydrogen-bond acceptors (Lipinski definition) is 8. The van der Waals surface area contributed by atoms with E-state index in [0.29, 0.717) is 0 Å². The summed E-state index contributed by atoms with van der Waals surface area (Å²) in [5.41, 5.74) is 0. The number of carboxylic acid groups (broad SMARTS) is 4. The van der Waals surface area contributed by atoms with Gasteiger partial charge in [0.2, 0.25) is 24.9 Å². The maximum absolute atomic E-state index is 9.81. The van der Waals surface area contributed by atoms with Gasteiger partial charge in [-0.3, -0.25) is 0 Å². The Hall–Kier alpha value is -1.08. The molecule has 0 unspecified atom stereocenters. The van der Waals surface area contributed by atoms with E-state index in [4.69, 9.17) is 39.6 Å². The fourth-order valence-corrected chi connectivity index (χ4v) is 0. The zero-order valence-corrected chi connectivity index (χ0v) is 11.4. The van der Waals surface area contributed by atoms with Crippen LogP contribution in [0.1, 0.15) is 0 Å². The molecule has 0 rings (SSSR count). The Morgan fingerprint density at radius 2 is 0.529 bits per heavy atom. The SMILES string of the molecule is O=C([O-])F.O=C([O-])F.O=C([O-])F.O=C([O-])F.[Th+4]. The molecule has 13 heteroatoms. The average Bonchev–Trinajstić information content (AvgIpc) is 1.76. The maximum Gasteiger partial charge on any atom is 4.00 e. The third-order valence-corrected chi connectivity index (χ3v) is 0. The van der Waals surface area contributed by atoms with Crippen molar-refractivity contribution in [2.75, 3.05) is 0 Å². The summed E-state index contributed by atoms with van der Waals surface area (Å²) < 4.78 is 39.2. The Kier molecular flexibility index (Phi) is 42.4. The van der Waals surface area contributed by atoms with Crippen molar-refractivity contribution in [3.8, 4) is 0 Å². The van der Waals surface area contributed by atoms with Crippen LogP contribution in [-0.2, 0) is 0 Å². The van der Waals surface area contributed by atoms with E-state index in [-0.39, 0.29) is 39.9 Å². The van der Waals surface area contributed by atoms with Crippen molar-refractivity contribution < 1.29 is 97.1 Å². The summed E-state index contributed by atoms with van der Waals surface area (Å²) in [6.45, 7) is 0. The molecule has 0 aliphatic rings. The van der Waals surface area contributed by atoms with E-state index in [1.165, 1.54) is 0 Å². The van der Waals surface area contributed by atoms with E-state index in [2.05, 4.69) is 0 Å². The second kappa shape index (κ2) is 24.2. The van der Waals surface area contributed by atoms with Crippen LogP contribution in [0.15, 0.2) is 0 Å². The number of rotatable bonds is 0. The monoisotopic (exact) mass is 484 g/mol. The van der Waals surface area contributed by atoms with Crippen molar-refractivity contribution in [1.29, 1.82) is 0 Å². The summed E-state index contributed by atoms with van der Waals surface area (Å²) in [5.74, 6) is 0. The molecule has 0 aromatic rings. The van der Waals surface area contributed by atoms with Gasteiger partial charge in [0.05, 0.1) is 0 Å². The summed E-state index contributed by atoms with van der Waals surface area (Å²) >= 11 is 0. The van der Waals surface area contributed by atoms with Gasteiger partial charge in [-0.2, -0.15) is 17.6 Å². The maximum atomic E-state index is 9.81. The van der Waals surface area contributed by atoms with Crippen LogP contribution in [0.25, 0.3) is 0 Å². The molecule has 0 aromatic heterocycles. The van der Waals surface area contributed by atoms with Crippen molar-refractivity contribution in [2.45, 2.75) is 0 Å². The van der Waals surface area contributed by atoms with Crippen LogP contribution in [0.2, 0.25) is 0 Å². The fourth-order valence-electron chi connectivity index (χ4n) is 0. The molecule has 17 heavy (non-hydrogen) atoms. The number of hydrogen-bond donors (Lipinski definition) is 0. The number of halogens is 4. The Labute approximate surface area is 122 Å². The normalized spacial score (nSPS) is 5.88. The van der Waals surface area contributed by atoms with E-state index in [0.717, 1.165) is 0 Å². The molecular formula is C4F4O8Th. The Morgan fingerprint density at radius 1 is 0.529 bits per heavy atom. The molecule has 0 fully saturated rings. The molecule has 0 saturated carbocycles. The molecule has 0 amide bonds. The summed E-state index contributed by atoms with van der Waals surface area (Å²) in [6, 6.07) is 0. The molecule has 0 bridgehead atoms. The molecule has 0 aliphatic heterocycles. The standard InChI is InChI=1S/4CHFO2.Th/c4*2-1(3)4;/h4*(H,3,4);/q;;;;+4/p-4. The van der Waals surface area contributed by atoms with Crippen LogP contribution in [0, 0.1) is 39.9 Å². The molecule has 0 saturated heterocycles. The van der Waals surface area contributed by atoms with Gasteiger partial charge in [0.1, 0.15) is 0 Å². The molecule has 0 atom stereocenters. The van der Waals surface area contributed by atoms with Gasteiger partial charge >= 0.3 is 39.9 Å². The number of carbonyl (C=O) groups excluding carboxylic acids is 4.